The Balaban J connectivity index is 0.000000111. The first-order valence-electron chi connectivity index (χ1n) is 38.9. The number of pyridine rings is 4. The molecule has 0 spiro atoms. The topological polar surface area (TPSA) is 354 Å². The van der Waals surface area contributed by atoms with Crippen LogP contribution in [0.15, 0.2) is 228 Å². The van der Waals surface area contributed by atoms with E-state index in [2.05, 4.69) is 139 Å². The molecule has 580 valence electrons. The molecular formula is C88H84N24O4. The van der Waals surface area contributed by atoms with Gasteiger partial charge in [-0.2, -0.15) is 0 Å². The molecule has 0 radical (unpaired) electrons. The molecule has 2 aliphatic carbocycles. The predicted molar refractivity (Wildman–Crippen MR) is 455 cm³/mol. The van der Waals surface area contributed by atoms with E-state index in [1.807, 2.05) is 184 Å². The largest absolute Gasteiger partial charge is 0.360 e. The van der Waals surface area contributed by atoms with E-state index in [0.717, 1.165) is 147 Å². The molecule has 2 aliphatic rings. The molecule has 0 bridgehead atoms. The van der Waals surface area contributed by atoms with Gasteiger partial charge in [0.2, 0.25) is 0 Å². The third kappa shape index (κ3) is 14.1. The molecule has 0 aliphatic heterocycles. The normalized spacial score (nSPS) is 13.9. The van der Waals surface area contributed by atoms with Crippen molar-refractivity contribution in [3.05, 3.63) is 295 Å². The lowest BCUT2D eigenvalue weighted by atomic mass is 9.91. The standard InChI is InChI=1S/2C23H20N6O.2C21H22N6O/c2*1-14-7-6-8-16-11-18(29(23(30)19(14)16)17-9-4-3-5-10-17)15(2)28-22-20-21(25-12-24-20)26-13-27-22;2*1-12-5-3-6-14-9-16(27(15-7-4-8-15)21(28)17(12)14)13(2)26-20-18-19(23-10-22-18)24-11-25-20/h2*3-13,15H,1-2H3,(H2,24,25,26,27,28);2*3,5-6,9-11,13,15H,4,7-8H2,1-2H3,(H2,22,23,24,25,26)/t2*15-;2*13-/m1010/s1. The number of aryl methyl sites for hydroxylation is 4. The van der Waals surface area contributed by atoms with Crippen molar-refractivity contribution in [1.29, 1.82) is 0 Å². The summed E-state index contributed by atoms with van der Waals surface area (Å²) < 4.78 is 7.56. The van der Waals surface area contributed by atoms with Crippen LogP contribution in [-0.4, -0.2) is 98.0 Å². The smallest absolute Gasteiger partial charge is 0.263 e. The van der Waals surface area contributed by atoms with Crippen molar-refractivity contribution in [2.24, 2.45) is 0 Å². The fourth-order valence-electron chi connectivity index (χ4n) is 15.9. The minimum Gasteiger partial charge on any atom is -0.360 e. The molecule has 20 rings (SSSR count). The lowest BCUT2D eigenvalue weighted by Crippen LogP contribution is -2.33. The van der Waals surface area contributed by atoms with Gasteiger partial charge in [0.25, 0.3) is 22.2 Å². The van der Waals surface area contributed by atoms with Crippen LogP contribution in [0.4, 0.5) is 23.3 Å². The van der Waals surface area contributed by atoms with Crippen molar-refractivity contribution >= 4 is 111 Å². The maximum atomic E-state index is 13.6. The van der Waals surface area contributed by atoms with E-state index in [4.69, 9.17) is 0 Å². The van der Waals surface area contributed by atoms with E-state index < -0.39 is 0 Å². The highest BCUT2D eigenvalue weighted by Crippen LogP contribution is 2.38. The SMILES string of the molecule is Cc1cccc2cc([C@@H](C)Nc3ncnc4nc[nH]c34)n(-c3ccccc3)c(=O)c12.Cc1cccc2cc([C@@H](C)Nc3ncnc4nc[nH]c34)n(C3CCC3)c(=O)c12.Cc1cccc2cc([C@H](C)Nc3ncnc4nc[nH]c34)n(-c3ccccc3)c(=O)c12.Cc1cccc2cc([C@H](C)Nc3ncnc4nc[nH]c34)n(C3CCC3)c(=O)c12. The number of hydrogen-bond acceptors (Lipinski definition) is 20. The van der Waals surface area contributed by atoms with Crippen molar-refractivity contribution in [1.82, 2.24) is 98.0 Å². The molecule has 0 saturated heterocycles. The average Bonchev–Trinajstić information content (AvgIpc) is 0.875. The average molecular weight is 1540 g/mol. The number of hydrogen-bond donors (Lipinski definition) is 8. The van der Waals surface area contributed by atoms with E-state index in [1.54, 1.807) is 34.4 Å². The number of imidazole rings is 4. The molecule has 0 amide bonds. The van der Waals surface area contributed by atoms with Crippen LogP contribution in [0.25, 0.3) is 99.1 Å². The summed E-state index contributed by atoms with van der Waals surface area (Å²) in [5.41, 5.74) is 14.9. The minimum atomic E-state index is -0.204. The number of nitrogens with one attached hydrogen (secondary N) is 8. The van der Waals surface area contributed by atoms with E-state index in [1.165, 1.54) is 38.2 Å². The molecule has 116 heavy (non-hydrogen) atoms. The Hall–Kier alpha value is -14.4. The van der Waals surface area contributed by atoms with Crippen LogP contribution in [0.5, 0.6) is 0 Å². The third-order valence-electron chi connectivity index (χ3n) is 22.2. The Labute approximate surface area is 663 Å². The summed E-state index contributed by atoms with van der Waals surface area (Å²) in [5.74, 6) is 2.65. The van der Waals surface area contributed by atoms with Crippen LogP contribution in [0, 0.1) is 27.7 Å². The summed E-state index contributed by atoms with van der Waals surface area (Å²) in [5, 5.41) is 20.7. The van der Waals surface area contributed by atoms with E-state index >= 15 is 0 Å². The van der Waals surface area contributed by atoms with Crippen LogP contribution >= 0.6 is 0 Å². The van der Waals surface area contributed by atoms with Gasteiger partial charge < -0.3 is 50.3 Å². The van der Waals surface area contributed by atoms with Crippen LogP contribution in [0.1, 0.15) is 148 Å². The highest BCUT2D eigenvalue weighted by molar-refractivity contribution is 5.90. The van der Waals surface area contributed by atoms with Gasteiger partial charge in [0.15, 0.2) is 45.9 Å². The maximum Gasteiger partial charge on any atom is 0.263 e. The van der Waals surface area contributed by atoms with Gasteiger partial charge in [-0.15, -0.1) is 0 Å². The van der Waals surface area contributed by atoms with Crippen LogP contribution in [-0.2, 0) is 0 Å². The van der Waals surface area contributed by atoms with Gasteiger partial charge in [0, 0.05) is 46.2 Å². The van der Waals surface area contributed by atoms with E-state index in [9.17, 15) is 19.2 Å². The molecular weight excluding hydrogens is 1460 g/mol. The van der Waals surface area contributed by atoms with Crippen molar-refractivity contribution < 1.29 is 0 Å². The summed E-state index contributed by atoms with van der Waals surface area (Å²) in [6.07, 6.45) is 18.9. The second-order valence-corrected chi connectivity index (χ2v) is 29.7. The van der Waals surface area contributed by atoms with Crippen molar-refractivity contribution in [3.8, 4) is 11.4 Å². The fraction of sp³-hybridized carbons (Fsp3) is 0.227. The van der Waals surface area contributed by atoms with Crippen molar-refractivity contribution in [3.63, 3.8) is 0 Å². The Morgan fingerprint density at radius 1 is 0.319 bits per heavy atom. The van der Waals surface area contributed by atoms with Gasteiger partial charge in [-0.1, -0.05) is 109 Å². The zero-order valence-electron chi connectivity index (χ0n) is 65.1. The Morgan fingerprint density at radius 3 is 0.862 bits per heavy atom. The van der Waals surface area contributed by atoms with Gasteiger partial charge >= 0.3 is 0 Å². The molecule has 8 N–H and O–H groups in total. The van der Waals surface area contributed by atoms with Gasteiger partial charge in [-0.25, -0.2) is 59.8 Å². The lowest BCUT2D eigenvalue weighted by molar-refractivity contribution is 0.298. The zero-order chi connectivity index (χ0) is 79.8. The highest BCUT2D eigenvalue weighted by atomic mass is 16.1. The summed E-state index contributed by atoms with van der Waals surface area (Å²) in [6.45, 7) is 16.1. The lowest BCUT2D eigenvalue weighted by Gasteiger charge is -2.32. The zero-order valence-corrected chi connectivity index (χ0v) is 65.1. The number of para-hydroxylation sites is 2. The van der Waals surface area contributed by atoms with Crippen LogP contribution in [0.3, 0.4) is 0 Å². The predicted octanol–water partition coefficient (Wildman–Crippen LogP) is 16.0. The Kier molecular flexibility index (Phi) is 20.3. The Bertz CT molecular complexity index is 6560. The number of fused-ring (bicyclic) bond motifs is 8. The van der Waals surface area contributed by atoms with E-state index in [0.29, 0.717) is 45.9 Å². The summed E-state index contributed by atoms with van der Waals surface area (Å²) in [7, 11) is 0. The number of anilines is 4. The minimum absolute atomic E-state index is 0.0326. The highest BCUT2D eigenvalue weighted by Gasteiger charge is 2.30. The molecule has 12 aromatic heterocycles. The summed E-state index contributed by atoms with van der Waals surface area (Å²) in [4.78, 5) is 117. The molecule has 28 heteroatoms. The first kappa shape index (κ1) is 74.3. The first-order valence-corrected chi connectivity index (χ1v) is 38.9. The number of nitrogens with zero attached hydrogens (tertiary/aromatic N) is 16. The molecule has 12 heterocycles. The number of aromatic nitrogens is 20. The van der Waals surface area contributed by atoms with E-state index in [-0.39, 0.29) is 58.5 Å². The first-order chi connectivity index (χ1) is 56.5. The van der Waals surface area contributed by atoms with Crippen molar-refractivity contribution in [2.75, 3.05) is 21.3 Å². The van der Waals surface area contributed by atoms with Gasteiger partial charge in [-0.05, 0) is 186 Å². The van der Waals surface area contributed by atoms with Gasteiger partial charge in [0.05, 0.1) is 71.0 Å². The van der Waals surface area contributed by atoms with Gasteiger partial charge in [-0.3, -0.25) is 28.3 Å². The van der Waals surface area contributed by atoms with Gasteiger partial charge in [0.1, 0.15) is 47.4 Å². The Morgan fingerprint density at radius 2 is 0.586 bits per heavy atom. The molecule has 28 nitrogen and oxygen atoms in total. The maximum absolute atomic E-state index is 13.6. The quantitative estimate of drug-likeness (QED) is 0.0445. The van der Waals surface area contributed by atoms with Crippen molar-refractivity contribution in [2.45, 2.75) is 130 Å². The molecule has 2 fully saturated rings. The molecule has 0 unspecified atom stereocenters. The molecule has 2 saturated carbocycles. The number of rotatable bonds is 16. The van der Waals surface area contributed by atoms with Crippen LogP contribution in [0.2, 0.25) is 0 Å². The summed E-state index contributed by atoms with van der Waals surface area (Å²) in [6, 6.07) is 51.7. The second-order valence-electron chi connectivity index (χ2n) is 29.7. The monoisotopic (exact) mass is 1540 g/mol. The molecule has 4 atom stereocenters. The number of aromatic amines is 4. The molecule has 6 aromatic carbocycles. The fourth-order valence-corrected chi connectivity index (χ4v) is 15.9. The molecule has 18 aromatic rings. The number of benzene rings is 6. The third-order valence-corrected chi connectivity index (χ3v) is 22.2. The number of H-pyrrole nitrogens is 4. The van der Waals surface area contributed by atoms with Crippen LogP contribution < -0.4 is 43.5 Å². The summed E-state index contributed by atoms with van der Waals surface area (Å²) >= 11 is 0. The second kappa shape index (κ2) is 31.6.